The van der Waals surface area contributed by atoms with Gasteiger partial charge in [-0.2, -0.15) is 15.0 Å². The highest BCUT2D eigenvalue weighted by Crippen LogP contribution is 2.23. The quantitative estimate of drug-likeness (QED) is 0.413. The number of rotatable bonds is 5. The number of piperazine rings is 1. The van der Waals surface area contributed by atoms with E-state index in [9.17, 15) is 0 Å². The Morgan fingerprint density at radius 2 is 1.66 bits per heavy atom. The van der Waals surface area contributed by atoms with E-state index in [0.717, 1.165) is 48.6 Å². The van der Waals surface area contributed by atoms with Gasteiger partial charge in [0.2, 0.25) is 17.8 Å². The standard InChI is InChI=1S/C26H27N9/c1-34-11-13-35(14-12-34)26-32-24(29-21-7-8-22-19(15-21)9-10-27-22)31-25(33-26)30-23-16-20(17-28-23)18-5-3-2-4-6-18/h2-10,15-16,27H,11-14,17H2,1H3,(H2,28,29,30,31,32,33). The van der Waals surface area contributed by atoms with Crippen LogP contribution in [0.4, 0.5) is 23.5 Å². The molecule has 0 spiro atoms. The van der Waals surface area contributed by atoms with Crippen LogP contribution in [0.15, 0.2) is 71.9 Å². The molecule has 1 saturated heterocycles. The number of aromatic amines is 1. The normalized spacial score (nSPS) is 16.3. The molecule has 2 aromatic heterocycles. The van der Waals surface area contributed by atoms with Gasteiger partial charge in [-0.15, -0.1) is 0 Å². The summed E-state index contributed by atoms with van der Waals surface area (Å²) in [5.74, 6) is 2.38. The van der Waals surface area contributed by atoms with Gasteiger partial charge in [-0.3, -0.25) is 4.99 Å². The third kappa shape index (κ3) is 4.71. The van der Waals surface area contributed by atoms with Crippen molar-refractivity contribution in [2.45, 2.75) is 0 Å². The number of nitrogens with zero attached hydrogens (tertiary/aromatic N) is 6. The first-order chi connectivity index (χ1) is 17.2. The van der Waals surface area contributed by atoms with Crippen molar-refractivity contribution in [2.75, 3.05) is 55.3 Å². The Balaban J connectivity index is 1.28. The van der Waals surface area contributed by atoms with E-state index in [2.05, 4.69) is 66.7 Å². The fourth-order valence-corrected chi connectivity index (χ4v) is 4.33. The maximum Gasteiger partial charge on any atom is 0.235 e. The van der Waals surface area contributed by atoms with E-state index in [1.807, 2.05) is 42.6 Å². The summed E-state index contributed by atoms with van der Waals surface area (Å²) < 4.78 is 0. The first kappa shape index (κ1) is 21.3. The van der Waals surface area contributed by atoms with Gasteiger partial charge >= 0.3 is 0 Å². The van der Waals surface area contributed by atoms with E-state index in [1.165, 1.54) is 11.1 Å². The molecule has 9 nitrogen and oxygen atoms in total. The SMILES string of the molecule is CN1CCN(c2nc(NC3=NCC(c4ccccc4)=C3)nc(Nc3ccc4[nH]ccc4c3)n2)CC1. The lowest BCUT2D eigenvalue weighted by Crippen LogP contribution is -2.45. The molecule has 4 heterocycles. The van der Waals surface area contributed by atoms with Crippen molar-refractivity contribution in [1.82, 2.24) is 24.8 Å². The number of aromatic nitrogens is 4. The molecule has 4 aromatic rings. The molecule has 176 valence electrons. The molecule has 0 atom stereocenters. The van der Waals surface area contributed by atoms with Gasteiger partial charge in [0.05, 0.1) is 6.54 Å². The maximum absolute atomic E-state index is 4.75. The second-order valence-corrected chi connectivity index (χ2v) is 8.84. The van der Waals surface area contributed by atoms with Gasteiger partial charge < -0.3 is 25.4 Å². The highest BCUT2D eigenvalue weighted by Gasteiger charge is 2.20. The molecule has 0 bridgehead atoms. The second-order valence-electron chi connectivity index (χ2n) is 8.84. The van der Waals surface area contributed by atoms with Gasteiger partial charge in [-0.05, 0) is 48.5 Å². The molecule has 35 heavy (non-hydrogen) atoms. The molecule has 0 unspecified atom stereocenters. The molecule has 2 aromatic carbocycles. The highest BCUT2D eigenvalue weighted by atomic mass is 15.4. The molecular formula is C26H27N9. The van der Waals surface area contributed by atoms with Crippen LogP contribution >= 0.6 is 0 Å². The number of benzene rings is 2. The average Bonchev–Trinajstić information content (AvgIpc) is 3.54. The van der Waals surface area contributed by atoms with Crippen LogP contribution in [-0.4, -0.2) is 70.4 Å². The predicted octanol–water partition coefficient (Wildman–Crippen LogP) is 3.76. The summed E-state index contributed by atoms with van der Waals surface area (Å²) in [7, 11) is 2.14. The fourth-order valence-electron chi connectivity index (χ4n) is 4.33. The first-order valence-electron chi connectivity index (χ1n) is 11.8. The number of aliphatic imine (C=N–C) groups is 1. The number of nitrogens with one attached hydrogen (secondary N) is 3. The molecule has 0 radical (unpaired) electrons. The molecule has 1 fully saturated rings. The summed E-state index contributed by atoms with van der Waals surface area (Å²) in [5, 5.41) is 7.80. The molecule has 9 heteroatoms. The predicted molar refractivity (Wildman–Crippen MR) is 141 cm³/mol. The second kappa shape index (κ2) is 9.19. The molecule has 3 N–H and O–H groups in total. The number of amidine groups is 1. The Morgan fingerprint density at radius 1 is 0.857 bits per heavy atom. The summed E-state index contributed by atoms with van der Waals surface area (Å²) in [6.45, 7) is 4.31. The van der Waals surface area contributed by atoms with E-state index < -0.39 is 0 Å². The third-order valence-corrected chi connectivity index (χ3v) is 6.33. The van der Waals surface area contributed by atoms with E-state index in [4.69, 9.17) is 9.97 Å². The van der Waals surface area contributed by atoms with E-state index in [1.54, 1.807) is 0 Å². The van der Waals surface area contributed by atoms with Crippen molar-refractivity contribution in [3.63, 3.8) is 0 Å². The zero-order valence-corrected chi connectivity index (χ0v) is 19.6. The third-order valence-electron chi connectivity index (χ3n) is 6.33. The molecule has 2 aliphatic heterocycles. The minimum absolute atomic E-state index is 0.475. The summed E-state index contributed by atoms with van der Waals surface area (Å²) in [5.41, 5.74) is 4.35. The van der Waals surface area contributed by atoms with Crippen LogP contribution < -0.4 is 15.5 Å². The lowest BCUT2D eigenvalue weighted by atomic mass is 10.1. The van der Waals surface area contributed by atoms with Gasteiger partial charge in [0.25, 0.3) is 0 Å². The van der Waals surface area contributed by atoms with E-state index in [0.29, 0.717) is 24.4 Å². The largest absolute Gasteiger partial charge is 0.361 e. The lowest BCUT2D eigenvalue weighted by molar-refractivity contribution is 0.311. The number of hydrogen-bond acceptors (Lipinski definition) is 8. The highest BCUT2D eigenvalue weighted by molar-refractivity contribution is 6.10. The van der Waals surface area contributed by atoms with Crippen LogP contribution in [0.2, 0.25) is 0 Å². The molecule has 0 aliphatic carbocycles. The molecule has 0 saturated carbocycles. The first-order valence-corrected chi connectivity index (χ1v) is 11.8. The Morgan fingerprint density at radius 3 is 2.49 bits per heavy atom. The molecule has 0 amide bonds. The minimum Gasteiger partial charge on any atom is -0.361 e. The molecular weight excluding hydrogens is 438 g/mol. The van der Waals surface area contributed by atoms with Crippen molar-refractivity contribution in [3.05, 3.63) is 72.4 Å². The van der Waals surface area contributed by atoms with Crippen LogP contribution in [0.3, 0.4) is 0 Å². The summed E-state index contributed by atoms with van der Waals surface area (Å²) in [4.78, 5) is 26.6. The zero-order valence-electron chi connectivity index (χ0n) is 19.6. The van der Waals surface area contributed by atoms with Gasteiger partial charge in [-0.25, -0.2) is 0 Å². The lowest BCUT2D eigenvalue weighted by Gasteiger charge is -2.32. The summed E-state index contributed by atoms with van der Waals surface area (Å²) >= 11 is 0. The van der Waals surface area contributed by atoms with Crippen molar-refractivity contribution in [2.24, 2.45) is 4.99 Å². The average molecular weight is 466 g/mol. The van der Waals surface area contributed by atoms with Gasteiger partial charge in [-0.1, -0.05) is 30.3 Å². The van der Waals surface area contributed by atoms with Gasteiger partial charge in [0.15, 0.2) is 0 Å². The number of fused-ring (bicyclic) bond motifs is 1. The molecule has 6 rings (SSSR count). The van der Waals surface area contributed by atoms with Crippen LogP contribution in [-0.2, 0) is 0 Å². The van der Waals surface area contributed by atoms with E-state index >= 15 is 0 Å². The number of H-pyrrole nitrogens is 1. The van der Waals surface area contributed by atoms with Crippen molar-refractivity contribution in [1.29, 1.82) is 0 Å². The van der Waals surface area contributed by atoms with Crippen molar-refractivity contribution < 1.29 is 0 Å². The monoisotopic (exact) mass is 465 g/mol. The van der Waals surface area contributed by atoms with Crippen LogP contribution in [0, 0.1) is 0 Å². The Labute approximate surface area is 203 Å². The Bertz CT molecular complexity index is 1400. The van der Waals surface area contributed by atoms with Crippen molar-refractivity contribution in [3.8, 4) is 0 Å². The number of anilines is 4. The van der Waals surface area contributed by atoms with Gasteiger partial charge in [0, 0.05) is 49.0 Å². The Hall–Kier alpha value is -4.24. The number of likely N-dealkylation sites (N-methyl/N-ethyl adjacent to an activating group) is 1. The van der Waals surface area contributed by atoms with Crippen LogP contribution in [0.5, 0.6) is 0 Å². The van der Waals surface area contributed by atoms with Crippen molar-refractivity contribution >= 4 is 45.8 Å². The zero-order chi connectivity index (χ0) is 23.6. The summed E-state index contributed by atoms with van der Waals surface area (Å²) in [6.07, 6.45) is 3.99. The van der Waals surface area contributed by atoms with Gasteiger partial charge in [0.1, 0.15) is 5.84 Å². The van der Waals surface area contributed by atoms with Crippen LogP contribution in [0.25, 0.3) is 16.5 Å². The minimum atomic E-state index is 0.475. The number of hydrogen-bond donors (Lipinski definition) is 3. The fraction of sp³-hybridized carbons (Fsp3) is 0.231. The maximum atomic E-state index is 4.75. The summed E-state index contributed by atoms with van der Waals surface area (Å²) in [6, 6.07) is 18.5. The topological polar surface area (TPSA) is 97.4 Å². The van der Waals surface area contributed by atoms with E-state index in [-0.39, 0.29) is 0 Å². The molecule has 2 aliphatic rings. The smallest absolute Gasteiger partial charge is 0.235 e. The Kier molecular flexibility index (Phi) is 5.59. The van der Waals surface area contributed by atoms with Crippen LogP contribution in [0.1, 0.15) is 5.56 Å².